The third kappa shape index (κ3) is 2.93. The highest BCUT2D eigenvalue weighted by molar-refractivity contribution is 5.22. The molecule has 0 aliphatic heterocycles. The summed E-state index contributed by atoms with van der Waals surface area (Å²) in [6.07, 6.45) is 13.3. The molecule has 5 aliphatic rings. The van der Waals surface area contributed by atoms with Crippen molar-refractivity contribution >= 4 is 0 Å². The Balaban J connectivity index is 1.54. The Labute approximate surface area is 209 Å². The number of rotatable bonds is 4. The first-order chi connectivity index (χ1) is 16.0. The van der Waals surface area contributed by atoms with Crippen molar-refractivity contribution in [3.63, 3.8) is 0 Å². The van der Waals surface area contributed by atoms with Crippen molar-refractivity contribution in [2.45, 2.75) is 111 Å². The van der Waals surface area contributed by atoms with Crippen LogP contribution >= 0.6 is 0 Å². The van der Waals surface area contributed by atoms with Crippen molar-refractivity contribution in [2.75, 3.05) is 13.2 Å². The largest absolute Gasteiger partial charge is 0.396 e. The van der Waals surface area contributed by atoms with E-state index in [1.54, 1.807) is 0 Å². The number of aliphatic hydroxyl groups is 2. The number of allylic oxidation sites excluding steroid dienone is 1. The molecule has 5 rings (SSSR count). The zero-order chi connectivity index (χ0) is 24.7. The summed E-state index contributed by atoms with van der Waals surface area (Å²) in [4.78, 5) is 0. The summed E-state index contributed by atoms with van der Waals surface area (Å²) in [7, 11) is 0. The van der Waals surface area contributed by atoms with Gasteiger partial charge in [0.2, 0.25) is 0 Å². The van der Waals surface area contributed by atoms with E-state index in [9.17, 15) is 10.2 Å². The van der Waals surface area contributed by atoms with E-state index in [0.717, 1.165) is 12.8 Å². The zero-order valence-electron chi connectivity index (χ0n) is 22.8. The van der Waals surface area contributed by atoms with Gasteiger partial charge in [0.05, 0.1) is 6.61 Å². The Hall–Kier alpha value is -0.380. The van der Waals surface area contributed by atoms with Gasteiger partial charge in [0.15, 0.2) is 0 Å². The van der Waals surface area contributed by atoms with Gasteiger partial charge in [-0.05, 0) is 122 Å². The minimum absolute atomic E-state index is 0.117. The topological polar surface area (TPSA) is 66.5 Å². The van der Waals surface area contributed by atoms with Crippen LogP contribution in [0.1, 0.15) is 105 Å². The van der Waals surface area contributed by atoms with Gasteiger partial charge in [-0.3, -0.25) is 0 Å². The molecule has 0 spiro atoms. The van der Waals surface area contributed by atoms with Crippen LogP contribution in [0.3, 0.4) is 0 Å². The molecular weight excluding hydrogens is 418 g/mol. The summed E-state index contributed by atoms with van der Waals surface area (Å²) in [6.45, 7) is 17.6. The van der Waals surface area contributed by atoms with Gasteiger partial charge in [0.25, 0.3) is 0 Å². The second-order valence-electron chi connectivity index (χ2n) is 14.7. The van der Waals surface area contributed by atoms with E-state index >= 15 is 0 Å². The predicted octanol–water partition coefficient (Wildman–Crippen LogP) is 6.33. The molecular formula is C31H53NO2. The summed E-state index contributed by atoms with van der Waals surface area (Å²) in [5.74, 6) is 3.12. The van der Waals surface area contributed by atoms with Crippen LogP contribution < -0.4 is 5.73 Å². The van der Waals surface area contributed by atoms with Crippen molar-refractivity contribution in [3.05, 3.63) is 12.2 Å². The van der Waals surface area contributed by atoms with Gasteiger partial charge in [0.1, 0.15) is 0 Å². The van der Waals surface area contributed by atoms with E-state index in [-0.39, 0.29) is 28.9 Å². The quantitative estimate of drug-likeness (QED) is 0.420. The van der Waals surface area contributed by atoms with Gasteiger partial charge in [-0.25, -0.2) is 0 Å². The van der Waals surface area contributed by atoms with Crippen molar-refractivity contribution in [1.29, 1.82) is 0 Å². The average Bonchev–Trinajstić information content (AvgIpc) is 3.22. The highest BCUT2D eigenvalue weighted by Crippen LogP contribution is 2.77. The second-order valence-corrected chi connectivity index (χ2v) is 14.7. The standard InChI is InChI=1S/C31H53NO2/c1-7-20(2)21-10-15-31(19-34)17-16-29(5)22(26(21)31)8-9-24-27(3)13-12-25(32)28(4,18-33)23(27)11-14-30(24,29)6/h21-26,33-34H,2,7-19,32H2,1,3-6H3/t21-,22+,23+,24+,25?,26+,27-,28-,29+,30+,31+/m0/s1. The number of nitrogens with two attached hydrogens (primary N) is 1. The molecule has 34 heavy (non-hydrogen) atoms. The maximum atomic E-state index is 10.7. The van der Waals surface area contributed by atoms with Crippen LogP contribution in [-0.2, 0) is 0 Å². The number of hydrogen-bond donors (Lipinski definition) is 3. The molecule has 0 aromatic rings. The minimum atomic E-state index is -0.153. The van der Waals surface area contributed by atoms with E-state index in [0.29, 0.717) is 47.0 Å². The molecule has 5 aliphatic carbocycles. The Bertz CT molecular complexity index is 826. The van der Waals surface area contributed by atoms with Crippen LogP contribution in [0, 0.1) is 56.7 Å². The van der Waals surface area contributed by atoms with Crippen LogP contribution in [-0.4, -0.2) is 29.5 Å². The average molecular weight is 472 g/mol. The van der Waals surface area contributed by atoms with Crippen molar-refractivity contribution in [2.24, 2.45) is 62.4 Å². The fourth-order valence-corrected chi connectivity index (χ4v) is 11.8. The van der Waals surface area contributed by atoms with E-state index < -0.39 is 0 Å². The Kier molecular flexibility index (Phi) is 5.99. The highest BCUT2D eigenvalue weighted by atomic mass is 16.3. The highest BCUT2D eigenvalue weighted by Gasteiger charge is 2.71. The molecule has 3 nitrogen and oxygen atoms in total. The van der Waals surface area contributed by atoms with Crippen LogP contribution in [0.5, 0.6) is 0 Å². The zero-order valence-corrected chi connectivity index (χ0v) is 22.8. The first-order valence-electron chi connectivity index (χ1n) is 14.6. The molecule has 5 saturated carbocycles. The predicted molar refractivity (Wildman–Crippen MR) is 140 cm³/mol. The fourth-order valence-electron chi connectivity index (χ4n) is 11.8. The van der Waals surface area contributed by atoms with Gasteiger partial charge >= 0.3 is 0 Å². The third-order valence-electron chi connectivity index (χ3n) is 14.1. The fraction of sp³-hybridized carbons (Fsp3) is 0.935. The summed E-state index contributed by atoms with van der Waals surface area (Å²) >= 11 is 0. The molecule has 4 N–H and O–H groups in total. The molecule has 11 atom stereocenters. The molecule has 0 aromatic carbocycles. The minimum Gasteiger partial charge on any atom is -0.396 e. The molecule has 3 heteroatoms. The lowest BCUT2D eigenvalue weighted by molar-refractivity contribution is -0.244. The lowest BCUT2D eigenvalue weighted by atomic mass is 9.32. The molecule has 0 radical (unpaired) electrons. The summed E-state index contributed by atoms with van der Waals surface area (Å²) < 4.78 is 0. The van der Waals surface area contributed by atoms with Gasteiger partial charge in [0, 0.05) is 18.1 Å². The maximum absolute atomic E-state index is 10.7. The molecule has 0 heterocycles. The van der Waals surface area contributed by atoms with E-state index in [1.165, 1.54) is 63.4 Å². The summed E-state index contributed by atoms with van der Waals surface area (Å²) in [6, 6.07) is 0.117. The van der Waals surface area contributed by atoms with Crippen LogP contribution in [0.25, 0.3) is 0 Å². The number of hydrogen-bond acceptors (Lipinski definition) is 3. The normalized spacial score (nSPS) is 56.7. The molecule has 0 bridgehead atoms. The number of fused-ring (bicyclic) bond motifs is 7. The van der Waals surface area contributed by atoms with Gasteiger partial charge in [-0.2, -0.15) is 0 Å². The van der Waals surface area contributed by atoms with Crippen LogP contribution in [0.15, 0.2) is 12.2 Å². The lowest BCUT2D eigenvalue weighted by Gasteiger charge is -2.73. The van der Waals surface area contributed by atoms with Crippen LogP contribution in [0.4, 0.5) is 0 Å². The lowest BCUT2D eigenvalue weighted by Crippen LogP contribution is -2.68. The SMILES string of the molecule is C=C(CC)[C@@H]1CC[C@]2(CO)CC[C@]3(C)[C@H](CC[C@@H]4[C@@]5(C)CCC(N)[C@@](C)(CO)[C@@H]5CC[C@]43C)[C@@H]12. The summed E-state index contributed by atoms with van der Waals surface area (Å²) in [5.41, 5.74) is 9.00. The van der Waals surface area contributed by atoms with E-state index in [2.05, 4.69) is 41.2 Å². The molecule has 5 fully saturated rings. The van der Waals surface area contributed by atoms with E-state index in [4.69, 9.17) is 5.73 Å². The van der Waals surface area contributed by atoms with Gasteiger partial charge < -0.3 is 15.9 Å². The first kappa shape index (κ1) is 25.3. The smallest absolute Gasteiger partial charge is 0.0502 e. The molecule has 1 unspecified atom stereocenters. The maximum Gasteiger partial charge on any atom is 0.0502 e. The van der Waals surface area contributed by atoms with Crippen LogP contribution in [0.2, 0.25) is 0 Å². The first-order valence-corrected chi connectivity index (χ1v) is 14.6. The summed E-state index contributed by atoms with van der Waals surface area (Å²) in [5, 5.41) is 21.3. The van der Waals surface area contributed by atoms with Crippen molar-refractivity contribution in [3.8, 4) is 0 Å². The van der Waals surface area contributed by atoms with Gasteiger partial charge in [-0.1, -0.05) is 46.8 Å². The van der Waals surface area contributed by atoms with Gasteiger partial charge in [-0.15, -0.1) is 0 Å². The van der Waals surface area contributed by atoms with Crippen molar-refractivity contribution < 1.29 is 10.2 Å². The second kappa shape index (κ2) is 8.06. The molecule has 0 saturated heterocycles. The Morgan fingerprint density at radius 2 is 1.56 bits per heavy atom. The number of aliphatic hydroxyl groups excluding tert-OH is 2. The van der Waals surface area contributed by atoms with E-state index in [1.807, 2.05) is 0 Å². The monoisotopic (exact) mass is 471 g/mol. The molecule has 0 amide bonds. The van der Waals surface area contributed by atoms with Crippen molar-refractivity contribution in [1.82, 2.24) is 0 Å². The Morgan fingerprint density at radius 3 is 2.21 bits per heavy atom. The third-order valence-corrected chi connectivity index (χ3v) is 14.1. The Morgan fingerprint density at radius 1 is 0.824 bits per heavy atom. The molecule has 0 aromatic heterocycles. The molecule has 194 valence electrons.